The number of aryl methyl sites for hydroxylation is 1. The van der Waals surface area contributed by atoms with Crippen molar-refractivity contribution in [3.05, 3.63) is 87.8 Å². The van der Waals surface area contributed by atoms with Crippen LogP contribution in [0.5, 0.6) is 0 Å². The Hall–Kier alpha value is -3.38. The summed E-state index contributed by atoms with van der Waals surface area (Å²) < 4.78 is 5.74. The zero-order chi connectivity index (χ0) is 20.5. The van der Waals surface area contributed by atoms with Crippen LogP contribution in [0, 0.1) is 0 Å². The first kappa shape index (κ1) is 18.6. The molecule has 6 nitrogen and oxygen atoms in total. The minimum absolute atomic E-state index is 0.0571. The number of aromatic nitrogens is 3. The molecule has 5 rings (SSSR count). The number of fused-ring (bicyclic) bond motifs is 2. The first-order valence-corrected chi connectivity index (χ1v) is 10.2. The Bertz CT molecular complexity index is 1270. The van der Waals surface area contributed by atoms with Gasteiger partial charge in [-0.2, -0.15) is 0 Å². The van der Waals surface area contributed by atoms with Gasteiger partial charge in [0.05, 0.1) is 17.3 Å². The molecule has 0 N–H and O–H groups in total. The quantitative estimate of drug-likeness (QED) is 0.521. The maximum atomic E-state index is 13.0. The third-order valence-electron chi connectivity index (χ3n) is 5.66. The Kier molecular flexibility index (Phi) is 4.85. The molecule has 0 bridgehead atoms. The molecule has 150 valence electrons. The molecular weight excluding hydrogens is 376 g/mol. The maximum absolute atomic E-state index is 13.0. The van der Waals surface area contributed by atoms with Gasteiger partial charge in [-0.25, -0.2) is 9.97 Å². The summed E-state index contributed by atoms with van der Waals surface area (Å²) in [6.45, 7) is 4.20. The monoisotopic (exact) mass is 398 g/mol. The lowest BCUT2D eigenvalue weighted by atomic mass is 10.0. The molecular formula is C24H22N4O2. The molecule has 0 amide bonds. The van der Waals surface area contributed by atoms with E-state index in [1.807, 2.05) is 36.5 Å². The number of hydrogen-bond acceptors (Lipinski definition) is 6. The summed E-state index contributed by atoms with van der Waals surface area (Å²) in [5, 5.41) is 0.662. The van der Waals surface area contributed by atoms with Gasteiger partial charge in [0.2, 0.25) is 0 Å². The second-order valence-electron chi connectivity index (χ2n) is 7.64. The van der Waals surface area contributed by atoms with Gasteiger partial charge in [0, 0.05) is 61.3 Å². The molecule has 1 aliphatic heterocycles. The van der Waals surface area contributed by atoms with Gasteiger partial charge in [-0.05, 0) is 36.2 Å². The molecule has 0 aliphatic carbocycles. The minimum atomic E-state index is 0.0571. The highest BCUT2D eigenvalue weighted by molar-refractivity contribution is 5.77. The molecule has 0 fully saturated rings. The van der Waals surface area contributed by atoms with E-state index >= 15 is 0 Å². The molecule has 1 aliphatic rings. The molecule has 0 radical (unpaired) electrons. The van der Waals surface area contributed by atoms with Crippen LogP contribution in [0.15, 0.2) is 64.4 Å². The van der Waals surface area contributed by atoms with E-state index in [1.54, 1.807) is 18.7 Å². The van der Waals surface area contributed by atoms with Crippen molar-refractivity contribution >= 4 is 11.0 Å². The first-order chi connectivity index (χ1) is 14.7. The van der Waals surface area contributed by atoms with Crippen molar-refractivity contribution in [2.75, 3.05) is 6.54 Å². The number of pyridine rings is 1. The SMILES string of the molecule is CCc1ccc2occ(CN3CCc4nc(-c5ccncc5)ncc4C3)c(=O)c2c1. The van der Waals surface area contributed by atoms with Crippen molar-refractivity contribution in [1.29, 1.82) is 0 Å². The van der Waals surface area contributed by atoms with Gasteiger partial charge in [-0.15, -0.1) is 0 Å². The maximum Gasteiger partial charge on any atom is 0.197 e. The van der Waals surface area contributed by atoms with E-state index in [2.05, 4.69) is 21.8 Å². The van der Waals surface area contributed by atoms with Crippen LogP contribution in [0.2, 0.25) is 0 Å². The van der Waals surface area contributed by atoms with E-state index in [-0.39, 0.29) is 5.43 Å². The zero-order valence-electron chi connectivity index (χ0n) is 16.8. The Morgan fingerprint density at radius 1 is 1.17 bits per heavy atom. The number of hydrogen-bond donors (Lipinski definition) is 0. The molecule has 30 heavy (non-hydrogen) atoms. The Balaban J connectivity index is 1.38. The fourth-order valence-electron chi connectivity index (χ4n) is 3.94. The standard InChI is InChI=1S/C24H22N4O2/c1-2-16-3-4-22-20(11-16)23(29)19(15-30-22)14-28-10-7-21-18(13-28)12-26-24(27-21)17-5-8-25-9-6-17/h3-6,8-9,11-12,15H,2,7,10,13-14H2,1H3. The lowest BCUT2D eigenvalue weighted by Crippen LogP contribution is -2.32. The highest BCUT2D eigenvalue weighted by atomic mass is 16.3. The normalized spacial score (nSPS) is 14.0. The average Bonchev–Trinajstić information content (AvgIpc) is 2.81. The second-order valence-corrected chi connectivity index (χ2v) is 7.64. The molecule has 4 heterocycles. The predicted molar refractivity (Wildman–Crippen MR) is 115 cm³/mol. The van der Waals surface area contributed by atoms with Crippen LogP contribution in [0.3, 0.4) is 0 Å². The second kappa shape index (κ2) is 7.80. The van der Waals surface area contributed by atoms with Crippen LogP contribution < -0.4 is 5.43 Å². The zero-order valence-corrected chi connectivity index (χ0v) is 16.8. The van der Waals surface area contributed by atoms with Crippen molar-refractivity contribution in [3.8, 4) is 11.4 Å². The van der Waals surface area contributed by atoms with E-state index in [4.69, 9.17) is 9.40 Å². The summed E-state index contributed by atoms with van der Waals surface area (Å²) in [5.74, 6) is 0.728. The third-order valence-corrected chi connectivity index (χ3v) is 5.66. The lowest BCUT2D eigenvalue weighted by Gasteiger charge is -2.27. The molecule has 0 atom stereocenters. The summed E-state index contributed by atoms with van der Waals surface area (Å²) in [7, 11) is 0. The molecule has 1 aromatic carbocycles. The van der Waals surface area contributed by atoms with Gasteiger partial charge in [0.1, 0.15) is 5.58 Å². The van der Waals surface area contributed by atoms with Crippen LogP contribution in [0.1, 0.15) is 29.3 Å². The van der Waals surface area contributed by atoms with Crippen LogP contribution in [-0.4, -0.2) is 26.4 Å². The summed E-state index contributed by atoms with van der Waals surface area (Å²) in [5.41, 5.74) is 5.68. The van der Waals surface area contributed by atoms with Crippen molar-refractivity contribution in [3.63, 3.8) is 0 Å². The Morgan fingerprint density at radius 3 is 2.87 bits per heavy atom. The van der Waals surface area contributed by atoms with Crippen molar-refractivity contribution in [2.24, 2.45) is 0 Å². The van der Waals surface area contributed by atoms with E-state index in [9.17, 15) is 4.79 Å². The first-order valence-electron chi connectivity index (χ1n) is 10.2. The van der Waals surface area contributed by atoms with Crippen molar-refractivity contribution in [2.45, 2.75) is 32.9 Å². The topological polar surface area (TPSA) is 72.1 Å². The highest BCUT2D eigenvalue weighted by Gasteiger charge is 2.20. The Morgan fingerprint density at radius 2 is 2.03 bits per heavy atom. The van der Waals surface area contributed by atoms with Gasteiger partial charge in [0.25, 0.3) is 0 Å². The Labute approximate surface area is 174 Å². The van der Waals surface area contributed by atoms with E-state index < -0.39 is 0 Å². The fourth-order valence-corrected chi connectivity index (χ4v) is 3.94. The average molecular weight is 398 g/mol. The van der Waals surface area contributed by atoms with Crippen LogP contribution in [0.25, 0.3) is 22.4 Å². The van der Waals surface area contributed by atoms with Gasteiger partial charge in [-0.1, -0.05) is 13.0 Å². The van der Waals surface area contributed by atoms with Gasteiger partial charge < -0.3 is 4.42 Å². The number of benzene rings is 1. The van der Waals surface area contributed by atoms with E-state index in [0.29, 0.717) is 23.1 Å². The fraction of sp³-hybridized carbons (Fsp3) is 0.250. The summed E-state index contributed by atoms with van der Waals surface area (Å²) in [6, 6.07) is 9.67. The molecule has 0 saturated heterocycles. The molecule has 0 unspecified atom stereocenters. The van der Waals surface area contributed by atoms with Crippen LogP contribution in [-0.2, 0) is 25.9 Å². The minimum Gasteiger partial charge on any atom is -0.464 e. The molecule has 0 saturated carbocycles. The predicted octanol–water partition coefficient (Wildman–Crippen LogP) is 3.77. The van der Waals surface area contributed by atoms with Gasteiger partial charge in [-0.3, -0.25) is 14.7 Å². The van der Waals surface area contributed by atoms with E-state index in [1.165, 1.54) is 0 Å². The van der Waals surface area contributed by atoms with Crippen molar-refractivity contribution in [1.82, 2.24) is 19.9 Å². The van der Waals surface area contributed by atoms with Gasteiger partial charge >= 0.3 is 0 Å². The molecule has 4 aromatic rings. The molecule has 3 aromatic heterocycles. The summed E-state index contributed by atoms with van der Waals surface area (Å²) in [4.78, 5) is 28.6. The van der Waals surface area contributed by atoms with E-state index in [0.717, 1.165) is 54.1 Å². The van der Waals surface area contributed by atoms with Crippen molar-refractivity contribution < 1.29 is 4.42 Å². The van der Waals surface area contributed by atoms with Crippen LogP contribution >= 0.6 is 0 Å². The van der Waals surface area contributed by atoms with Gasteiger partial charge in [0.15, 0.2) is 11.3 Å². The highest BCUT2D eigenvalue weighted by Crippen LogP contribution is 2.22. The number of rotatable bonds is 4. The molecule has 0 spiro atoms. The van der Waals surface area contributed by atoms with Crippen LogP contribution in [0.4, 0.5) is 0 Å². The summed E-state index contributed by atoms with van der Waals surface area (Å²) in [6.07, 6.45) is 8.73. The third kappa shape index (κ3) is 3.50. The smallest absolute Gasteiger partial charge is 0.197 e. The number of nitrogens with zero attached hydrogens (tertiary/aromatic N) is 4. The lowest BCUT2D eigenvalue weighted by molar-refractivity contribution is 0.240. The molecule has 6 heteroatoms. The largest absolute Gasteiger partial charge is 0.464 e. The summed E-state index contributed by atoms with van der Waals surface area (Å²) >= 11 is 0.